The molecule has 0 atom stereocenters. The molecule has 5 nitrogen and oxygen atoms in total. The fraction of sp³-hybridized carbons (Fsp3) is 0.818. The molecule has 0 aliphatic carbocycles. The van der Waals surface area contributed by atoms with Gasteiger partial charge in [-0.25, -0.2) is 0 Å². The first-order valence-corrected chi connectivity index (χ1v) is 5.20. The molecule has 1 fully saturated rings. The monoisotopic (exact) mass is 229 g/mol. The van der Waals surface area contributed by atoms with Gasteiger partial charge in [0.2, 0.25) is 5.91 Å². The smallest absolute Gasteiger partial charge is 0.326 e. The predicted octanol–water partition coefficient (Wildman–Crippen LogP) is 0.433. The van der Waals surface area contributed by atoms with Crippen molar-refractivity contribution in [2.24, 2.45) is 5.41 Å². The van der Waals surface area contributed by atoms with E-state index in [1.165, 1.54) is 7.11 Å². The Hall–Kier alpha value is -1.10. The van der Waals surface area contributed by atoms with Crippen LogP contribution in [0, 0.1) is 5.41 Å². The molecule has 0 saturated carbocycles. The quantitative estimate of drug-likeness (QED) is 0.509. The molecule has 5 heteroatoms. The van der Waals surface area contributed by atoms with Gasteiger partial charge in [-0.05, 0) is 20.8 Å². The zero-order valence-corrected chi connectivity index (χ0v) is 10.5. The van der Waals surface area contributed by atoms with E-state index in [1.54, 1.807) is 11.9 Å². The topological polar surface area (TPSA) is 55.8 Å². The summed E-state index contributed by atoms with van der Waals surface area (Å²) in [6.45, 7) is 5.96. The molecule has 1 heterocycles. The molecule has 1 aliphatic heterocycles. The van der Waals surface area contributed by atoms with Crippen LogP contribution in [0.4, 0.5) is 0 Å². The summed E-state index contributed by atoms with van der Waals surface area (Å²) in [5.41, 5.74) is -1.45. The van der Waals surface area contributed by atoms with E-state index >= 15 is 0 Å². The Labute approximate surface area is 95.7 Å². The Morgan fingerprint density at radius 3 is 2.06 bits per heavy atom. The van der Waals surface area contributed by atoms with E-state index in [9.17, 15) is 9.59 Å². The number of hydrogen-bond acceptors (Lipinski definition) is 4. The second kappa shape index (κ2) is 4.05. The van der Waals surface area contributed by atoms with Gasteiger partial charge < -0.3 is 14.4 Å². The Balaban J connectivity index is 2.90. The second-order valence-corrected chi connectivity index (χ2v) is 5.10. The minimum Gasteiger partial charge on any atom is -0.468 e. The summed E-state index contributed by atoms with van der Waals surface area (Å²) in [5, 5.41) is 0. The van der Waals surface area contributed by atoms with E-state index in [0.29, 0.717) is 0 Å². The van der Waals surface area contributed by atoms with Crippen LogP contribution in [-0.4, -0.2) is 49.7 Å². The highest BCUT2D eigenvalue weighted by Crippen LogP contribution is 2.33. The van der Waals surface area contributed by atoms with E-state index in [4.69, 9.17) is 4.74 Å². The lowest BCUT2D eigenvalue weighted by Crippen LogP contribution is -2.62. The highest BCUT2D eigenvalue weighted by atomic mass is 16.5. The van der Waals surface area contributed by atoms with Gasteiger partial charge in [0.25, 0.3) is 0 Å². The summed E-state index contributed by atoms with van der Waals surface area (Å²) in [6, 6.07) is 0. The fourth-order valence-corrected chi connectivity index (χ4v) is 1.46. The summed E-state index contributed by atoms with van der Waals surface area (Å²) in [4.78, 5) is 25.4. The van der Waals surface area contributed by atoms with Crippen LogP contribution in [0.2, 0.25) is 0 Å². The van der Waals surface area contributed by atoms with Crippen LogP contribution in [0.1, 0.15) is 20.8 Å². The standard InChI is InChI=1S/C11H19NO4/c1-10(2,3)12(4)8(13)11(6-16-7-11)9(14)15-5/h6-7H2,1-5H3. The largest absolute Gasteiger partial charge is 0.468 e. The lowest BCUT2D eigenvalue weighted by Gasteiger charge is -2.43. The molecule has 16 heavy (non-hydrogen) atoms. The minimum absolute atomic E-state index is 0.110. The van der Waals surface area contributed by atoms with Crippen molar-refractivity contribution in [1.29, 1.82) is 0 Å². The van der Waals surface area contributed by atoms with Crippen LogP contribution in [-0.2, 0) is 19.1 Å². The average molecular weight is 229 g/mol. The molecule has 0 unspecified atom stereocenters. The van der Waals surface area contributed by atoms with Crippen molar-refractivity contribution in [3.8, 4) is 0 Å². The number of rotatable bonds is 2. The number of carbonyl (C=O) groups is 2. The van der Waals surface area contributed by atoms with Crippen molar-refractivity contribution in [2.45, 2.75) is 26.3 Å². The van der Waals surface area contributed by atoms with Gasteiger partial charge in [-0.3, -0.25) is 9.59 Å². The van der Waals surface area contributed by atoms with Crippen LogP contribution in [0.3, 0.4) is 0 Å². The first kappa shape index (κ1) is 13.0. The number of ether oxygens (including phenoxy) is 2. The molecule has 1 amide bonds. The molecule has 0 spiro atoms. The number of carbonyl (C=O) groups excluding carboxylic acids is 2. The van der Waals surface area contributed by atoms with E-state index in [1.807, 2.05) is 20.8 Å². The van der Waals surface area contributed by atoms with Crippen LogP contribution >= 0.6 is 0 Å². The third-order valence-electron chi connectivity index (χ3n) is 2.99. The average Bonchev–Trinajstić information content (AvgIpc) is 2.12. The number of methoxy groups -OCH3 is 1. The summed E-state index contributed by atoms with van der Waals surface area (Å²) < 4.78 is 9.67. The van der Waals surface area contributed by atoms with Gasteiger partial charge in [-0.15, -0.1) is 0 Å². The van der Waals surface area contributed by atoms with Crippen LogP contribution < -0.4 is 0 Å². The summed E-state index contributed by atoms with van der Waals surface area (Å²) in [7, 11) is 2.97. The Kier molecular flexibility index (Phi) is 3.28. The van der Waals surface area contributed by atoms with Crippen LogP contribution in [0.15, 0.2) is 0 Å². The van der Waals surface area contributed by atoms with Crippen LogP contribution in [0.5, 0.6) is 0 Å². The maximum atomic E-state index is 12.2. The minimum atomic E-state index is -1.13. The van der Waals surface area contributed by atoms with Gasteiger partial charge in [-0.2, -0.15) is 0 Å². The van der Waals surface area contributed by atoms with Gasteiger partial charge in [-0.1, -0.05) is 0 Å². The molecule has 1 aliphatic rings. The third-order valence-corrected chi connectivity index (χ3v) is 2.99. The lowest BCUT2D eigenvalue weighted by molar-refractivity contribution is -0.195. The van der Waals surface area contributed by atoms with Gasteiger partial charge in [0.15, 0.2) is 5.41 Å². The highest BCUT2D eigenvalue weighted by molar-refractivity contribution is 6.04. The molecule has 92 valence electrons. The molecule has 0 bridgehead atoms. The van der Waals surface area contributed by atoms with Crippen molar-refractivity contribution in [1.82, 2.24) is 4.90 Å². The molecule has 1 saturated heterocycles. The van der Waals surface area contributed by atoms with Crippen molar-refractivity contribution in [3.63, 3.8) is 0 Å². The van der Waals surface area contributed by atoms with Gasteiger partial charge in [0, 0.05) is 12.6 Å². The van der Waals surface area contributed by atoms with E-state index in [2.05, 4.69) is 4.74 Å². The summed E-state index contributed by atoms with van der Waals surface area (Å²) in [5.74, 6) is -0.752. The van der Waals surface area contributed by atoms with Crippen molar-refractivity contribution >= 4 is 11.9 Å². The Morgan fingerprint density at radius 2 is 1.81 bits per heavy atom. The van der Waals surface area contributed by atoms with Gasteiger partial charge >= 0.3 is 5.97 Å². The molecule has 1 rings (SSSR count). The predicted molar refractivity (Wildman–Crippen MR) is 57.8 cm³/mol. The van der Waals surface area contributed by atoms with Crippen molar-refractivity contribution in [3.05, 3.63) is 0 Å². The molecule has 0 aromatic rings. The normalized spacial score (nSPS) is 18.6. The third kappa shape index (κ3) is 1.91. The Bertz CT molecular complexity index is 302. The fourth-order valence-electron chi connectivity index (χ4n) is 1.46. The first-order valence-electron chi connectivity index (χ1n) is 5.20. The number of amides is 1. The van der Waals surface area contributed by atoms with Crippen LogP contribution in [0.25, 0.3) is 0 Å². The molecule has 0 aromatic heterocycles. The van der Waals surface area contributed by atoms with Gasteiger partial charge in [0.1, 0.15) is 0 Å². The second-order valence-electron chi connectivity index (χ2n) is 5.10. The lowest BCUT2D eigenvalue weighted by atomic mass is 9.83. The number of esters is 1. The Morgan fingerprint density at radius 1 is 1.31 bits per heavy atom. The highest BCUT2D eigenvalue weighted by Gasteiger charge is 2.56. The maximum Gasteiger partial charge on any atom is 0.326 e. The number of hydrogen-bond donors (Lipinski definition) is 0. The van der Waals surface area contributed by atoms with E-state index < -0.39 is 11.4 Å². The van der Waals surface area contributed by atoms with Gasteiger partial charge in [0.05, 0.1) is 20.3 Å². The van der Waals surface area contributed by atoms with E-state index in [-0.39, 0.29) is 24.7 Å². The van der Waals surface area contributed by atoms with Crippen molar-refractivity contribution < 1.29 is 19.1 Å². The molecular formula is C11H19NO4. The summed E-state index contributed by atoms with van der Waals surface area (Å²) >= 11 is 0. The van der Waals surface area contributed by atoms with E-state index in [0.717, 1.165) is 0 Å². The molecule has 0 aromatic carbocycles. The molecule has 0 radical (unpaired) electrons. The zero-order chi connectivity index (χ0) is 12.6. The van der Waals surface area contributed by atoms with Crippen molar-refractivity contribution in [2.75, 3.05) is 27.4 Å². The summed E-state index contributed by atoms with van der Waals surface area (Å²) in [6.07, 6.45) is 0. The molecule has 0 N–H and O–H groups in total. The number of nitrogens with zero attached hydrogens (tertiary/aromatic N) is 1. The molecular weight excluding hydrogens is 210 g/mol. The SMILES string of the molecule is COC(=O)C1(C(=O)N(C)C(C)(C)C)COC1. The first-order chi connectivity index (χ1) is 7.25. The zero-order valence-electron chi connectivity index (χ0n) is 10.5. The maximum absolute atomic E-state index is 12.2.